The molecule has 0 amide bonds. The molecule has 2 aromatic carbocycles. The van der Waals surface area contributed by atoms with Gasteiger partial charge in [0.25, 0.3) is 0 Å². The number of aryl methyl sites for hydroxylation is 1. The summed E-state index contributed by atoms with van der Waals surface area (Å²) in [4.78, 5) is -0.382. The molecule has 0 aliphatic rings. The molecule has 0 heterocycles. The van der Waals surface area contributed by atoms with Gasteiger partial charge in [0.1, 0.15) is 0 Å². The van der Waals surface area contributed by atoms with E-state index in [1.807, 2.05) is 31.2 Å². The molecule has 21 heavy (non-hydrogen) atoms. The second-order valence-corrected chi connectivity index (χ2v) is 6.53. The molecule has 3 nitrogen and oxygen atoms in total. The van der Waals surface area contributed by atoms with Crippen molar-refractivity contribution in [3.63, 3.8) is 0 Å². The number of sulfone groups is 1. The molecule has 2 aromatic rings. The largest absolute Gasteiger partial charge is 0.380 e. The number of anilines is 1. The first-order valence-electron chi connectivity index (χ1n) is 6.32. The molecule has 0 bridgehead atoms. The fraction of sp³-hybridized carbons (Fsp3) is 0.200. The lowest BCUT2D eigenvalue weighted by atomic mass is 10.1. The fourth-order valence-electron chi connectivity index (χ4n) is 1.86. The van der Waals surface area contributed by atoms with Crippen LogP contribution in [0.4, 0.5) is 14.5 Å². The highest BCUT2D eigenvalue weighted by molar-refractivity contribution is 7.91. The summed E-state index contributed by atoms with van der Waals surface area (Å²) in [5, 5.41) is 2.90. The Labute approximate surface area is 122 Å². The van der Waals surface area contributed by atoms with Gasteiger partial charge in [-0.1, -0.05) is 42.0 Å². The van der Waals surface area contributed by atoms with Gasteiger partial charge in [0, 0.05) is 6.54 Å². The Hall–Kier alpha value is -1.95. The molecule has 0 atom stereocenters. The van der Waals surface area contributed by atoms with E-state index >= 15 is 0 Å². The van der Waals surface area contributed by atoms with Gasteiger partial charge in [-0.3, -0.25) is 0 Å². The Morgan fingerprint density at radius 3 is 2.29 bits per heavy atom. The quantitative estimate of drug-likeness (QED) is 0.917. The SMILES string of the molecule is Cc1ccc(CNc2ccccc2S(=O)(=O)C(F)F)cc1. The molecule has 1 N–H and O–H groups in total. The Kier molecular flexibility index (Phi) is 4.57. The van der Waals surface area contributed by atoms with Gasteiger partial charge in [0.15, 0.2) is 0 Å². The third-order valence-electron chi connectivity index (χ3n) is 3.03. The van der Waals surface area contributed by atoms with Crippen LogP contribution in [0.5, 0.6) is 0 Å². The van der Waals surface area contributed by atoms with E-state index in [0.29, 0.717) is 6.54 Å². The number of nitrogens with one attached hydrogen (secondary N) is 1. The van der Waals surface area contributed by atoms with E-state index in [1.54, 1.807) is 6.07 Å². The first kappa shape index (κ1) is 15.4. The number of hydrogen-bond donors (Lipinski definition) is 1. The zero-order valence-electron chi connectivity index (χ0n) is 11.4. The second kappa shape index (κ2) is 6.22. The summed E-state index contributed by atoms with van der Waals surface area (Å²) in [7, 11) is -4.61. The van der Waals surface area contributed by atoms with Crippen LogP contribution in [0.2, 0.25) is 0 Å². The molecular weight excluding hydrogens is 296 g/mol. The van der Waals surface area contributed by atoms with E-state index in [-0.39, 0.29) is 10.6 Å². The van der Waals surface area contributed by atoms with Crippen molar-refractivity contribution < 1.29 is 17.2 Å². The molecule has 2 rings (SSSR count). The lowest BCUT2D eigenvalue weighted by Gasteiger charge is -2.12. The van der Waals surface area contributed by atoms with E-state index in [1.165, 1.54) is 18.2 Å². The Morgan fingerprint density at radius 2 is 1.67 bits per heavy atom. The van der Waals surface area contributed by atoms with Crippen molar-refractivity contribution in [2.45, 2.75) is 24.1 Å². The van der Waals surface area contributed by atoms with E-state index < -0.39 is 15.6 Å². The van der Waals surface area contributed by atoms with Crippen LogP contribution in [0.25, 0.3) is 0 Å². The normalized spacial score (nSPS) is 11.6. The molecule has 0 aliphatic carbocycles. The maximum Gasteiger partial charge on any atom is 0.341 e. The van der Waals surface area contributed by atoms with Crippen LogP contribution >= 0.6 is 0 Å². The van der Waals surface area contributed by atoms with Gasteiger partial charge in [0.2, 0.25) is 9.84 Å². The molecule has 0 saturated heterocycles. The number of hydrogen-bond acceptors (Lipinski definition) is 3. The average molecular weight is 311 g/mol. The van der Waals surface area contributed by atoms with Gasteiger partial charge in [-0.25, -0.2) is 8.42 Å². The minimum absolute atomic E-state index is 0.179. The molecule has 6 heteroatoms. The van der Waals surface area contributed by atoms with Crippen LogP contribution < -0.4 is 5.32 Å². The summed E-state index contributed by atoms with van der Waals surface area (Å²) in [5.41, 5.74) is 2.22. The molecule has 0 aliphatic heterocycles. The molecular formula is C15H15F2NO2S. The van der Waals surface area contributed by atoms with E-state index in [2.05, 4.69) is 5.32 Å². The number of rotatable bonds is 5. The summed E-state index contributed by atoms with van der Waals surface area (Å²) >= 11 is 0. The number of halogens is 2. The molecule has 0 fully saturated rings. The number of benzene rings is 2. The predicted octanol–water partition coefficient (Wildman–Crippen LogP) is 3.60. The second-order valence-electron chi connectivity index (χ2n) is 4.64. The topological polar surface area (TPSA) is 46.2 Å². The smallest absolute Gasteiger partial charge is 0.341 e. The van der Waals surface area contributed by atoms with Crippen molar-refractivity contribution in [2.75, 3.05) is 5.32 Å². The predicted molar refractivity (Wildman–Crippen MR) is 78.1 cm³/mol. The van der Waals surface area contributed by atoms with E-state index in [4.69, 9.17) is 0 Å². The highest BCUT2D eigenvalue weighted by Crippen LogP contribution is 2.26. The summed E-state index contributed by atoms with van der Waals surface area (Å²) < 4.78 is 48.6. The Balaban J connectivity index is 2.23. The first-order chi connectivity index (χ1) is 9.91. The third-order valence-corrected chi connectivity index (χ3v) is 4.47. The maximum absolute atomic E-state index is 12.7. The summed E-state index contributed by atoms with van der Waals surface area (Å²) in [5.74, 6) is -3.43. The monoisotopic (exact) mass is 311 g/mol. The third kappa shape index (κ3) is 3.58. The minimum Gasteiger partial charge on any atom is -0.380 e. The Morgan fingerprint density at radius 1 is 1.05 bits per heavy atom. The van der Waals surface area contributed by atoms with Crippen LogP contribution in [0.3, 0.4) is 0 Å². The first-order valence-corrected chi connectivity index (χ1v) is 7.86. The van der Waals surface area contributed by atoms with E-state index in [9.17, 15) is 17.2 Å². The van der Waals surface area contributed by atoms with Crippen LogP contribution in [0.15, 0.2) is 53.4 Å². The van der Waals surface area contributed by atoms with Gasteiger partial charge < -0.3 is 5.32 Å². The number of para-hydroxylation sites is 1. The van der Waals surface area contributed by atoms with Gasteiger partial charge in [0.05, 0.1) is 10.6 Å². The van der Waals surface area contributed by atoms with Crippen LogP contribution in [-0.2, 0) is 16.4 Å². The fourth-order valence-corrected chi connectivity index (χ4v) is 2.77. The summed E-state index contributed by atoms with van der Waals surface area (Å²) in [6, 6.07) is 13.3. The molecule has 0 saturated carbocycles. The van der Waals surface area contributed by atoms with Crippen LogP contribution in [-0.4, -0.2) is 14.2 Å². The highest BCUT2D eigenvalue weighted by Gasteiger charge is 2.28. The van der Waals surface area contributed by atoms with Gasteiger partial charge in [-0.2, -0.15) is 8.78 Å². The summed E-state index contributed by atoms with van der Waals surface area (Å²) in [6.45, 7) is 2.32. The van der Waals surface area contributed by atoms with Crippen molar-refractivity contribution in [1.29, 1.82) is 0 Å². The Bertz CT molecular complexity index is 713. The summed E-state index contributed by atoms with van der Waals surface area (Å²) in [6.07, 6.45) is 0. The van der Waals surface area contributed by atoms with Gasteiger partial charge in [-0.15, -0.1) is 0 Å². The lowest BCUT2D eigenvalue weighted by molar-refractivity contribution is 0.235. The zero-order valence-corrected chi connectivity index (χ0v) is 12.2. The van der Waals surface area contributed by atoms with Crippen molar-refractivity contribution in [1.82, 2.24) is 0 Å². The maximum atomic E-state index is 12.7. The zero-order chi connectivity index (χ0) is 15.5. The molecule has 0 aromatic heterocycles. The van der Waals surface area contributed by atoms with Gasteiger partial charge in [-0.05, 0) is 24.6 Å². The van der Waals surface area contributed by atoms with Crippen molar-refractivity contribution in [2.24, 2.45) is 0 Å². The lowest BCUT2D eigenvalue weighted by Crippen LogP contribution is -2.14. The van der Waals surface area contributed by atoms with Crippen molar-refractivity contribution in [3.8, 4) is 0 Å². The standard InChI is InChI=1S/C15H15F2NO2S/c1-11-6-8-12(9-7-11)10-18-13-4-2-3-5-14(13)21(19,20)15(16)17/h2-9,15,18H,10H2,1H3. The van der Waals surface area contributed by atoms with Gasteiger partial charge >= 0.3 is 5.76 Å². The average Bonchev–Trinajstić information content (AvgIpc) is 2.47. The van der Waals surface area contributed by atoms with Crippen molar-refractivity contribution in [3.05, 3.63) is 59.7 Å². The molecule has 0 spiro atoms. The molecule has 0 unspecified atom stereocenters. The molecule has 112 valence electrons. The highest BCUT2D eigenvalue weighted by atomic mass is 32.2. The molecule has 0 radical (unpaired) electrons. The minimum atomic E-state index is -4.61. The van der Waals surface area contributed by atoms with Crippen molar-refractivity contribution >= 4 is 15.5 Å². The van der Waals surface area contributed by atoms with E-state index in [0.717, 1.165) is 11.1 Å². The number of alkyl halides is 2. The van der Waals surface area contributed by atoms with Crippen LogP contribution in [0, 0.1) is 6.92 Å². The van der Waals surface area contributed by atoms with Crippen LogP contribution in [0.1, 0.15) is 11.1 Å².